The molecule has 0 fully saturated rings. The molecule has 0 saturated heterocycles. The van der Waals surface area contributed by atoms with Gasteiger partial charge in [-0.1, -0.05) is 19.1 Å². The minimum Gasteiger partial charge on any atom is -0.312 e. The van der Waals surface area contributed by atoms with Crippen molar-refractivity contribution in [2.75, 3.05) is 11.4 Å². The maximum Gasteiger partial charge on any atom is 0.226 e. The smallest absolute Gasteiger partial charge is 0.226 e. The predicted octanol–water partition coefficient (Wildman–Crippen LogP) is 3.07. The summed E-state index contributed by atoms with van der Waals surface area (Å²) in [4.78, 5) is 13.6. The zero-order chi connectivity index (χ0) is 11.4. The largest absolute Gasteiger partial charge is 0.312 e. The first-order valence-corrected chi connectivity index (χ1v) is 5.47. The number of nitrogens with zero attached hydrogens (tertiary/aromatic N) is 1. The molecule has 0 bridgehead atoms. The summed E-state index contributed by atoms with van der Waals surface area (Å²) >= 11 is 0. The topological polar surface area (TPSA) is 20.3 Å². The zero-order valence-corrected chi connectivity index (χ0v) is 10.0. The standard InChI is InChI=1S/C13H19NO/c1-5-13(15)14(6-2)12-9-10(3)7-8-11(12)4/h7-9H,5-6H2,1-4H3. The second kappa shape index (κ2) is 4.96. The van der Waals surface area contributed by atoms with E-state index in [4.69, 9.17) is 0 Å². The molecule has 0 heterocycles. The monoisotopic (exact) mass is 205 g/mol. The molecular weight excluding hydrogens is 186 g/mol. The maximum atomic E-state index is 11.7. The van der Waals surface area contributed by atoms with Crippen LogP contribution in [0.5, 0.6) is 0 Å². The number of amides is 1. The molecule has 1 aromatic rings. The number of rotatable bonds is 3. The van der Waals surface area contributed by atoms with Crippen LogP contribution in [-0.4, -0.2) is 12.5 Å². The van der Waals surface area contributed by atoms with E-state index in [0.717, 1.165) is 17.8 Å². The fourth-order valence-electron chi connectivity index (χ4n) is 1.68. The maximum absolute atomic E-state index is 11.7. The Morgan fingerprint density at radius 1 is 1.27 bits per heavy atom. The summed E-state index contributed by atoms with van der Waals surface area (Å²) in [6.45, 7) is 8.73. The Kier molecular flexibility index (Phi) is 3.89. The lowest BCUT2D eigenvalue weighted by Gasteiger charge is -2.22. The average molecular weight is 205 g/mol. The number of hydrogen-bond donors (Lipinski definition) is 0. The molecule has 0 unspecified atom stereocenters. The first kappa shape index (κ1) is 11.8. The highest BCUT2D eigenvalue weighted by Gasteiger charge is 2.13. The summed E-state index contributed by atoms with van der Waals surface area (Å²) in [5.41, 5.74) is 3.39. The molecule has 0 radical (unpaired) electrons. The molecule has 15 heavy (non-hydrogen) atoms. The highest BCUT2D eigenvalue weighted by atomic mass is 16.2. The molecule has 1 amide bonds. The van der Waals surface area contributed by atoms with Gasteiger partial charge >= 0.3 is 0 Å². The third kappa shape index (κ3) is 2.58. The number of carbonyl (C=O) groups excluding carboxylic acids is 1. The third-order valence-corrected chi connectivity index (χ3v) is 2.58. The van der Waals surface area contributed by atoms with Crippen LogP contribution in [-0.2, 0) is 4.79 Å². The van der Waals surface area contributed by atoms with Crippen LogP contribution in [0.1, 0.15) is 31.4 Å². The Balaban J connectivity index is 3.11. The van der Waals surface area contributed by atoms with Gasteiger partial charge in [-0.15, -0.1) is 0 Å². The van der Waals surface area contributed by atoms with Gasteiger partial charge in [-0.2, -0.15) is 0 Å². The summed E-state index contributed by atoms with van der Waals surface area (Å²) in [6.07, 6.45) is 0.557. The van der Waals surface area contributed by atoms with Gasteiger partial charge in [-0.05, 0) is 38.0 Å². The average Bonchev–Trinajstić information content (AvgIpc) is 2.23. The van der Waals surface area contributed by atoms with Gasteiger partial charge in [0, 0.05) is 18.7 Å². The number of hydrogen-bond acceptors (Lipinski definition) is 1. The highest BCUT2D eigenvalue weighted by molar-refractivity contribution is 5.93. The van der Waals surface area contributed by atoms with Gasteiger partial charge in [-0.25, -0.2) is 0 Å². The lowest BCUT2D eigenvalue weighted by molar-refractivity contribution is -0.118. The Morgan fingerprint density at radius 2 is 1.93 bits per heavy atom. The lowest BCUT2D eigenvalue weighted by atomic mass is 10.1. The van der Waals surface area contributed by atoms with Gasteiger partial charge in [0.05, 0.1) is 0 Å². The van der Waals surface area contributed by atoms with Crippen LogP contribution in [0.4, 0.5) is 5.69 Å². The SMILES string of the molecule is CCC(=O)N(CC)c1cc(C)ccc1C. The number of anilines is 1. The normalized spacial score (nSPS) is 10.1. The van der Waals surface area contributed by atoms with E-state index in [1.54, 1.807) is 0 Å². The van der Waals surface area contributed by atoms with Crippen LogP contribution in [0, 0.1) is 13.8 Å². The van der Waals surface area contributed by atoms with E-state index in [0.29, 0.717) is 6.42 Å². The van der Waals surface area contributed by atoms with Crippen molar-refractivity contribution in [1.82, 2.24) is 0 Å². The number of carbonyl (C=O) groups is 1. The molecule has 0 aromatic heterocycles. The van der Waals surface area contributed by atoms with E-state index in [9.17, 15) is 4.79 Å². The van der Waals surface area contributed by atoms with Crippen molar-refractivity contribution in [3.8, 4) is 0 Å². The van der Waals surface area contributed by atoms with Gasteiger partial charge < -0.3 is 4.90 Å². The van der Waals surface area contributed by atoms with E-state index in [2.05, 4.69) is 18.2 Å². The first-order valence-electron chi connectivity index (χ1n) is 5.47. The molecule has 0 aliphatic carbocycles. The van der Waals surface area contributed by atoms with E-state index < -0.39 is 0 Å². The Labute approximate surface area is 91.9 Å². The predicted molar refractivity (Wildman–Crippen MR) is 64.2 cm³/mol. The minimum absolute atomic E-state index is 0.186. The van der Waals surface area contributed by atoms with E-state index >= 15 is 0 Å². The zero-order valence-electron chi connectivity index (χ0n) is 10.0. The summed E-state index contributed by atoms with van der Waals surface area (Å²) in [5.74, 6) is 0.186. The third-order valence-electron chi connectivity index (χ3n) is 2.58. The van der Waals surface area contributed by atoms with Crippen LogP contribution in [0.3, 0.4) is 0 Å². The summed E-state index contributed by atoms with van der Waals surface area (Å²) in [6, 6.07) is 6.21. The fraction of sp³-hybridized carbons (Fsp3) is 0.462. The van der Waals surface area contributed by atoms with Gasteiger partial charge in [0.1, 0.15) is 0 Å². The van der Waals surface area contributed by atoms with Crippen molar-refractivity contribution < 1.29 is 4.79 Å². The molecular formula is C13H19NO. The molecule has 0 aliphatic heterocycles. The molecule has 0 atom stereocenters. The highest BCUT2D eigenvalue weighted by Crippen LogP contribution is 2.21. The van der Waals surface area contributed by atoms with Crippen molar-refractivity contribution in [2.24, 2.45) is 0 Å². The van der Waals surface area contributed by atoms with Crippen LogP contribution in [0.15, 0.2) is 18.2 Å². The second-order valence-corrected chi connectivity index (χ2v) is 3.78. The van der Waals surface area contributed by atoms with Crippen LogP contribution >= 0.6 is 0 Å². The number of benzene rings is 1. The summed E-state index contributed by atoms with van der Waals surface area (Å²) in [7, 11) is 0. The van der Waals surface area contributed by atoms with Crippen molar-refractivity contribution in [3.05, 3.63) is 29.3 Å². The Bertz CT molecular complexity index is 358. The van der Waals surface area contributed by atoms with Crippen LogP contribution in [0.2, 0.25) is 0 Å². The van der Waals surface area contributed by atoms with Crippen molar-refractivity contribution in [1.29, 1.82) is 0 Å². The molecule has 0 spiro atoms. The molecule has 1 aromatic carbocycles. The van der Waals surface area contributed by atoms with E-state index in [1.807, 2.05) is 32.6 Å². The summed E-state index contributed by atoms with van der Waals surface area (Å²) < 4.78 is 0. The quantitative estimate of drug-likeness (QED) is 0.742. The summed E-state index contributed by atoms with van der Waals surface area (Å²) in [5, 5.41) is 0. The Morgan fingerprint density at radius 3 is 2.47 bits per heavy atom. The van der Waals surface area contributed by atoms with Crippen LogP contribution in [0.25, 0.3) is 0 Å². The minimum atomic E-state index is 0.186. The van der Waals surface area contributed by atoms with Crippen LogP contribution < -0.4 is 4.90 Å². The fourth-order valence-corrected chi connectivity index (χ4v) is 1.68. The van der Waals surface area contributed by atoms with Gasteiger partial charge in [0.15, 0.2) is 0 Å². The van der Waals surface area contributed by atoms with Crippen molar-refractivity contribution in [3.63, 3.8) is 0 Å². The lowest BCUT2D eigenvalue weighted by Crippen LogP contribution is -2.30. The molecule has 2 heteroatoms. The molecule has 1 rings (SSSR count). The van der Waals surface area contributed by atoms with Gasteiger partial charge in [0.25, 0.3) is 0 Å². The molecule has 0 aliphatic rings. The van der Waals surface area contributed by atoms with Crippen molar-refractivity contribution >= 4 is 11.6 Å². The van der Waals surface area contributed by atoms with E-state index in [-0.39, 0.29) is 5.91 Å². The molecule has 82 valence electrons. The first-order chi connectivity index (χ1) is 7.10. The molecule has 2 nitrogen and oxygen atoms in total. The Hall–Kier alpha value is -1.31. The van der Waals surface area contributed by atoms with E-state index in [1.165, 1.54) is 5.56 Å². The second-order valence-electron chi connectivity index (χ2n) is 3.78. The van der Waals surface area contributed by atoms with Crippen molar-refractivity contribution in [2.45, 2.75) is 34.1 Å². The van der Waals surface area contributed by atoms with Gasteiger partial charge in [0.2, 0.25) is 5.91 Å². The number of aryl methyl sites for hydroxylation is 2. The van der Waals surface area contributed by atoms with Gasteiger partial charge in [-0.3, -0.25) is 4.79 Å². The molecule has 0 saturated carbocycles. The molecule has 0 N–H and O–H groups in total.